The summed E-state index contributed by atoms with van der Waals surface area (Å²) in [7, 11) is 0. The fraction of sp³-hybridized carbons (Fsp3) is 0.318. The van der Waals surface area contributed by atoms with Crippen LogP contribution in [-0.2, 0) is 11.3 Å². The number of benzene rings is 2. The van der Waals surface area contributed by atoms with E-state index in [0.29, 0.717) is 28.8 Å². The molecule has 0 N–H and O–H groups in total. The van der Waals surface area contributed by atoms with Gasteiger partial charge in [0.05, 0.1) is 17.9 Å². The third-order valence-electron chi connectivity index (χ3n) is 5.05. The molecule has 1 amide bonds. The van der Waals surface area contributed by atoms with E-state index in [0.717, 1.165) is 31.5 Å². The zero-order valence-corrected chi connectivity index (χ0v) is 16.9. The maximum absolute atomic E-state index is 14.4. The van der Waals surface area contributed by atoms with Gasteiger partial charge >= 0.3 is 0 Å². The molecule has 7 heteroatoms. The first kappa shape index (κ1) is 19.6. The first-order valence-corrected chi connectivity index (χ1v) is 10.8. The molecule has 0 bridgehead atoms. The number of hydrogen-bond acceptors (Lipinski definition) is 4. The summed E-state index contributed by atoms with van der Waals surface area (Å²) in [6, 6.07) is 16.5. The third kappa shape index (κ3) is 4.67. The Balaban J connectivity index is 1.59. The van der Waals surface area contributed by atoms with Gasteiger partial charge in [-0.05, 0) is 37.0 Å². The average molecular weight is 411 g/mol. The summed E-state index contributed by atoms with van der Waals surface area (Å²) in [4.78, 5) is 14.5. The van der Waals surface area contributed by atoms with Crippen molar-refractivity contribution in [1.82, 2.24) is 19.7 Å². The average Bonchev–Trinajstić information content (AvgIpc) is 3.16. The van der Waals surface area contributed by atoms with Crippen LogP contribution in [0.15, 0.2) is 59.8 Å². The van der Waals surface area contributed by atoms with Crippen LogP contribution < -0.4 is 0 Å². The van der Waals surface area contributed by atoms with Gasteiger partial charge in [0.2, 0.25) is 5.91 Å². The number of rotatable bonds is 6. The number of nitrogens with zero attached hydrogens (tertiary/aromatic N) is 4. The van der Waals surface area contributed by atoms with Crippen LogP contribution >= 0.6 is 11.8 Å². The van der Waals surface area contributed by atoms with E-state index in [9.17, 15) is 9.18 Å². The molecule has 4 rings (SSSR count). The number of carbonyl (C=O) groups is 1. The fourth-order valence-corrected chi connectivity index (χ4v) is 4.35. The molecule has 1 aliphatic heterocycles. The molecule has 0 spiro atoms. The molecular formula is C22H23FN4OS. The molecular weight excluding hydrogens is 387 g/mol. The number of likely N-dealkylation sites (tertiary alicyclic amines) is 1. The van der Waals surface area contributed by atoms with Crippen LogP contribution in [0, 0.1) is 5.82 Å². The Bertz CT molecular complexity index is 970. The molecule has 0 radical (unpaired) electrons. The largest absolute Gasteiger partial charge is 0.342 e. The van der Waals surface area contributed by atoms with Gasteiger partial charge in [0.15, 0.2) is 11.0 Å². The number of carbonyl (C=O) groups excluding carboxylic acids is 1. The third-order valence-corrected chi connectivity index (χ3v) is 6.00. The van der Waals surface area contributed by atoms with Crippen LogP contribution in [0.1, 0.15) is 24.8 Å². The van der Waals surface area contributed by atoms with E-state index in [1.54, 1.807) is 18.2 Å². The molecule has 1 aliphatic rings. The maximum atomic E-state index is 14.4. The van der Waals surface area contributed by atoms with Gasteiger partial charge in [-0.3, -0.25) is 9.36 Å². The summed E-state index contributed by atoms with van der Waals surface area (Å²) in [5, 5.41) is 9.17. The highest BCUT2D eigenvalue weighted by Gasteiger charge is 2.21. The van der Waals surface area contributed by atoms with Crippen molar-refractivity contribution >= 4 is 17.7 Å². The topological polar surface area (TPSA) is 51.0 Å². The fourth-order valence-electron chi connectivity index (χ4n) is 3.51. The van der Waals surface area contributed by atoms with Crippen molar-refractivity contribution in [2.24, 2.45) is 0 Å². The van der Waals surface area contributed by atoms with Crippen LogP contribution in [-0.4, -0.2) is 44.4 Å². The summed E-state index contributed by atoms with van der Waals surface area (Å²) in [5.41, 5.74) is 1.47. The molecule has 29 heavy (non-hydrogen) atoms. The highest BCUT2D eigenvalue weighted by molar-refractivity contribution is 7.99. The van der Waals surface area contributed by atoms with Crippen LogP contribution in [0.25, 0.3) is 11.4 Å². The Morgan fingerprint density at radius 2 is 1.69 bits per heavy atom. The lowest BCUT2D eigenvalue weighted by atomic mass is 10.1. The number of amides is 1. The predicted molar refractivity (Wildman–Crippen MR) is 112 cm³/mol. The molecule has 3 aromatic rings. The van der Waals surface area contributed by atoms with E-state index in [1.807, 2.05) is 39.8 Å². The lowest BCUT2D eigenvalue weighted by molar-refractivity contribution is -0.129. The van der Waals surface area contributed by atoms with Gasteiger partial charge in [0, 0.05) is 13.1 Å². The van der Waals surface area contributed by atoms with Crippen molar-refractivity contribution in [3.8, 4) is 11.4 Å². The summed E-state index contributed by atoms with van der Waals surface area (Å²) < 4.78 is 16.3. The lowest BCUT2D eigenvalue weighted by Crippen LogP contribution is -2.36. The molecule has 5 nitrogen and oxygen atoms in total. The van der Waals surface area contributed by atoms with E-state index in [2.05, 4.69) is 10.2 Å². The van der Waals surface area contributed by atoms with Crippen molar-refractivity contribution in [2.75, 3.05) is 18.8 Å². The Hall–Kier alpha value is -2.67. The van der Waals surface area contributed by atoms with Crippen molar-refractivity contribution in [2.45, 2.75) is 31.0 Å². The zero-order valence-electron chi connectivity index (χ0n) is 16.1. The van der Waals surface area contributed by atoms with E-state index >= 15 is 0 Å². The molecule has 150 valence electrons. The normalized spacial score (nSPS) is 14.2. The second-order valence-electron chi connectivity index (χ2n) is 7.09. The zero-order chi connectivity index (χ0) is 20.1. The van der Waals surface area contributed by atoms with Crippen molar-refractivity contribution in [1.29, 1.82) is 0 Å². The van der Waals surface area contributed by atoms with Crippen molar-refractivity contribution < 1.29 is 9.18 Å². The van der Waals surface area contributed by atoms with Gasteiger partial charge in [0.25, 0.3) is 0 Å². The smallest absolute Gasteiger partial charge is 0.233 e. The van der Waals surface area contributed by atoms with Crippen LogP contribution in [0.5, 0.6) is 0 Å². The molecule has 1 saturated heterocycles. The van der Waals surface area contributed by atoms with Crippen LogP contribution in [0.2, 0.25) is 0 Å². The molecule has 2 heterocycles. The lowest BCUT2D eigenvalue weighted by Gasteiger charge is -2.26. The number of thioether (sulfide) groups is 1. The maximum Gasteiger partial charge on any atom is 0.233 e. The minimum absolute atomic E-state index is 0.122. The van der Waals surface area contributed by atoms with Gasteiger partial charge in [-0.1, -0.05) is 54.2 Å². The predicted octanol–water partition coefficient (Wildman–Crippen LogP) is 4.24. The van der Waals surface area contributed by atoms with E-state index < -0.39 is 0 Å². The van der Waals surface area contributed by atoms with E-state index in [-0.39, 0.29) is 11.7 Å². The molecule has 1 aromatic heterocycles. The van der Waals surface area contributed by atoms with Gasteiger partial charge in [0.1, 0.15) is 5.82 Å². The number of piperidine rings is 1. The minimum atomic E-state index is -0.338. The minimum Gasteiger partial charge on any atom is -0.342 e. The summed E-state index contributed by atoms with van der Waals surface area (Å²) >= 11 is 1.37. The second kappa shape index (κ2) is 9.22. The molecule has 0 aliphatic carbocycles. The molecule has 1 fully saturated rings. The Morgan fingerprint density at radius 3 is 2.45 bits per heavy atom. The van der Waals surface area contributed by atoms with Gasteiger partial charge < -0.3 is 4.90 Å². The number of hydrogen-bond donors (Lipinski definition) is 0. The van der Waals surface area contributed by atoms with Gasteiger partial charge in [-0.2, -0.15) is 0 Å². The van der Waals surface area contributed by atoms with Crippen LogP contribution in [0.3, 0.4) is 0 Å². The first-order chi connectivity index (χ1) is 14.2. The second-order valence-corrected chi connectivity index (χ2v) is 8.03. The monoisotopic (exact) mass is 410 g/mol. The number of halogens is 1. The van der Waals surface area contributed by atoms with Gasteiger partial charge in [-0.25, -0.2) is 4.39 Å². The molecule has 2 aromatic carbocycles. The van der Waals surface area contributed by atoms with Gasteiger partial charge in [-0.15, -0.1) is 10.2 Å². The highest BCUT2D eigenvalue weighted by atomic mass is 32.2. The molecule has 0 saturated carbocycles. The molecule has 0 unspecified atom stereocenters. The first-order valence-electron chi connectivity index (χ1n) is 9.85. The Morgan fingerprint density at radius 1 is 0.966 bits per heavy atom. The summed E-state index contributed by atoms with van der Waals surface area (Å²) in [6.45, 7) is 2.17. The SMILES string of the molecule is O=C(CSc1nnc(-c2ccccc2F)n1Cc1ccccc1)N1CCCCC1. The summed E-state index contributed by atoms with van der Waals surface area (Å²) in [6.07, 6.45) is 3.32. The van der Waals surface area contributed by atoms with Crippen molar-refractivity contribution in [3.63, 3.8) is 0 Å². The Labute approximate surface area is 173 Å². The quantitative estimate of drug-likeness (QED) is 0.571. The van der Waals surface area contributed by atoms with Crippen LogP contribution in [0.4, 0.5) is 4.39 Å². The van der Waals surface area contributed by atoms with E-state index in [4.69, 9.17) is 0 Å². The van der Waals surface area contributed by atoms with E-state index in [1.165, 1.54) is 24.2 Å². The highest BCUT2D eigenvalue weighted by Crippen LogP contribution is 2.27. The standard InChI is InChI=1S/C22H23FN4OS/c23-19-12-6-5-11-18(19)21-24-25-22(27(21)15-17-9-3-1-4-10-17)29-16-20(28)26-13-7-2-8-14-26/h1,3-6,9-12H,2,7-8,13-16H2. The number of aromatic nitrogens is 3. The Kier molecular flexibility index (Phi) is 6.24. The van der Waals surface area contributed by atoms with Crippen molar-refractivity contribution in [3.05, 3.63) is 66.0 Å². The summed E-state index contributed by atoms with van der Waals surface area (Å²) in [5.74, 6) is 0.566. The molecule has 0 atom stereocenters.